The van der Waals surface area contributed by atoms with Gasteiger partial charge in [-0.1, -0.05) is 18.2 Å². The number of hydrogen-bond donors (Lipinski definition) is 4. The van der Waals surface area contributed by atoms with E-state index in [4.69, 9.17) is 5.21 Å². The largest absolute Gasteiger partial charge is 0.380 e. The van der Waals surface area contributed by atoms with E-state index in [9.17, 15) is 4.79 Å². The summed E-state index contributed by atoms with van der Waals surface area (Å²) in [7, 11) is 0. The smallest absolute Gasteiger partial charge is 0.267 e. The lowest BCUT2D eigenvalue weighted by molar-refractivity contribution is -0.124. The number of nitrogens with zero attached hydrogens (tertiary/aromatic N) is 2. The summed E-state index contributed by atoms with van der Waals surface area (Å²) in [5.41, 5.74) is 4.20. The van der Waals surface area contributed by atoms with Gasteiger partial charge < -0.3 is 10.6 Å². The molecule has 7 nitrogen and oxygen atoms in total. The summed E-state index contributed by atoms with van der Waals surface area (Å²) < 4.78 is 0. The van der Waals surface area contributed by atoms with Crippen molar-refractivity contribution in [1.82, 2.24) is 15.4 Å². The van der Waals surface area contributed by atoms with Crippen LogP contribution >= 0.6 is 0 Å². The second kappa shape index (κ2) is 8.64. The fourth-order valence-electron chi connectivity index (χ4n) is 1.98. The predicted molar refractivity (Wildman–Crippen MR) is 93.5 cm³/mol. The maximum absolute atomic E-state index is 11.1. The monoisotopic (exact) mass is 327 g/mol. The second-order valence-corrected chi connectivity index (χ2v) is 5.46. The third kappa shape index (κ3) is 5.36. The summed E-state index contributed by atoms with van der Waals surface area (Å²) in [6.45, 7) is 4.61. The van der Waals surface area contributed by atoms with Crippen molar-refractivity contribution in [2.75, 3.05) is 10.6 Å². The van der Waals surface area contributed by atoms with Gasteiger partial charge in [0.25, 0.3) is 5.91 Å². The highest BCUT2D eigenvalue weighted by molar-refractivity contribution is 5.91. The minimum Gasteiger partial charge on any atom is -0.380 e. The van der Waals surface area contributed by atoms with Gasteiger partial charge in [0, 0.05) is 42.3 Å². The number of para-hydroxylation sites is 1. The molecule has 1 aromatic heterocycles. The summed E-state index contributed by atoms with van der Waals surface area (Å²) in [6.07, 6.45) is 6.42. The first-order valence-corrected chi connectivity index (χ1v) is 7.61. The van der Waals surface area contributed by atoms with Gasteiger partial charge >= 0.3 is 0 Å². The van der Waals surface area contributed by atoms with Crippen LogP contribution in [0.1, 0.15) is 25.0 Å². The molecule has 2 aromatic rings. The molecule has 0 bridgehead atoms. The second-order valence-electron chi connectivity index (χ2n) is 5.46. The standard InChI is InChI=1S/C17H21N5O2/c1-12(2)21-17-19-10-13(11-20-17)9-18-15-6-4-3-5-14(15)7-8-16(23)22-24/h3-8,10-12,18,24H,9H2,1-2H3,(H,22,23)(H,19,20,21). The highest BCUT2D eigenvalue weighted by Crippen LogP contribution is 2.17. The minimum absolute atomic E-state index is 0.281. The molecule has 0 saturated heterocycles. The summed E-state index contributed by atoms with van der Waals surface area (Å²) in [5, 5.41) is 14.9. The van der Waals surface area contributed by atoms with Crippen molar-refractivity contribution in [3.63, 3.8) is 0 Å². The predicted octanol–water partition coefficient (Wildman–Crippen LogP) is 2.43. The van der Waals surface area contributed by atoms with Crippen molar-refractivity contribution in [3.8, 4) is 0 Å². The van der Waals surface area contributed by atoms with E-state index in [1.165, 1.54) is 6.08 Å². The molecule has 126 valence electrons. The highest BCUT2D eigenvalue weighted by Gasteiger charge is 2.02. The molecule has 0 radical (unpaired) electrons. The Kier molecular flexibility index (Phi) is 6.27. The molecule has 4 N–H and O–H groups in total. The van der Waals surface area contributed by atoms with Crippen molar-refractivity contribution in [2.45, 2.75) is 26.4 Å². The molecule has 1 heterocycles. The molecule has 0 aliphatic carbocycles. The fraction of sp³-hybridized carbons (Fsp3) is 0.235. The maximum atomic E-state index is 11.1. The van der Waals surface area contributed by atoms with Gasteiger partial charge in [0.1, 0.15) is 0 Å². The number of rotatable bonds is 7. The average Bonchev–Trinajstić information content (AvgIpc) is 2.59. The van der Waals surface area contributed by atoms with Gasteiger partial charge in [-0.25, -0.2) is 15.4 Å². The van der Waals surface area contributed by atoms with E-state index in [0.29, 0.717) is 12.5 Å². The zero-order valence-corrected chi connectivity index (χ0v) is 13.7. The lowest BCUT2D eigenvalue weighted by atomic mass is 10.1. The minimum atomic E-state index is -0.577. The van der Waals surface area contributed by atoms with Crippen LogP contribution in [0.2, 0.25) is 0 Å². The molecule has 0 unspecified atom stereocenters. The molecule has 0 spiro atoms. The van der Waals surface area contributed by atoms with E-state index < -0.39 is 5.91 Å². The lowest BCUT2D eigenvalue weighted by Gasteiger charge is -2.11. The third-order valence-corrected chi connectivity index (χ3v) is 3.09. The topological polar surface area (TPSA) is 99.2 Å². The molecule has 1 amide bonds. The van der Waals surface area contributed by atoms with Crippen LogP contribution in [0.4, 0.5) is 11.6 Å². The van der Waals surface area contributed by atoms with Gasteiger partial charge in [-0.05, 0) is 31.6 Å². The molecule has 2 rings (SSSR count). The van der Waals surface area contributed by atoms with Gasteiger partial charge in [-0.2, -0.15) is 0 Å². The first kappa shape index (κ1) is 17.4. The summed E-state index contributed by atoms with van der Waals surface area (Å²) in [6, 6.07) is 7.83. The van der Waals surface area contributed by atoms with Crippen LogP contribution in [0.25, 0.3) is 6.08 Å². The van der Waals surface area contributed by atoms with E-state index in [0.717, 1.165) is 16.8 Å². The van der Waals surface area contributed by atoms with Crippen LogP contribution < -0.4 is 16.1 Å². The SMILES string of the molecule is CC(C)Nc1ncc(CNc2ccccc2C=CC(=O)NO)cn1. The Bertz CT molecular complexity index is 698. The van der Waals surface area contributed by atoms with E-state index in [2.05, 4.69) is 20.6 Å². The number of benzene rings is 1. The number of anilines is 2. The van der Waals surface area contributed by atoms with Crippen molar-refractivity contribution >= 4 is 23.6 Å². The van der Waals surface area contributed by atoms with Crippen LogP contribution in [-0.2, 0) is 11.3 Å². The zero-order valence-electron chi connectivity index (χ0n) is 13.7. The Morgan fingerprint density at radius 1 is 1.25 bits per heavy atom. The molecule has 7 heteroatoms. The normalized spacial score (nSPS) is 10.8. The van der Waals surface area contributed by atoms with Gasteiger partial charge in [-0.3, -0.25) is 10.0 Å². The number of hydrogen-bond acceptors (Lipinski definition) is 6. The van der Waals surface area contributed by atoms with Gasteiger partial charge in [0.15, 0.2) is 0 Å². The van der Waals surface area contributed by atoms with E-state index in [1.807, 2.05) is 38.1 Å². The van der Waals surface area contributed by atoms with Crippen LogP contribution in [0.3, 0.4) is 0 Å². The first-order chi connectivity index (χ1) is 11.6. The van der Waals surface area contributed by atoms with E-state index in [-0.39, 0.29) is 6.04 Å². The lowest BCUT2D eigenvalue weighted by Crippen LogP contribution is -2.14. The highest BCUT2D eigenvalue weighted by atomic mass is 16.5. The third-order valence-electron chi connectivity index (χ3n) is 3.09. The summed E-state index contributed by atoms with van der Waals surface area (Å²) in [4.78, 5) is 19.6. The Morgan fingerprint density at radius 3 is 2.62 bits per heavy atom. The van der Waals surface area contributed by atoms with Gasteiger partial charge in [-0.15, -0.1) is 0 Å². The zero-order chi connectivity index (χ0) is 17.4. The van der Waals surface area contributed by atoms with E-state index in [1.54, 1.807) is 23.9 Å². The van der Waals surface area contributed by atoms with Crippen LogP contribution in [-0.4, -0.2) is 27.1 Å². The van der Waals surface area contributed by atoms with Crippen molar-refractivity contribution in [3.05, 3.63) is 53.9 Å². The van der Waals surface area contributed by atoms with Crippen LogP contribution in [0, 0.1) is 0 Å². The average molecular weight is 327 g/mol. The summed E-state index contributed by atoms with van der Waals surface area (Å²) in [5.74, 6) is 0.0264. The Morgan fingerprint density at radius 2 is 1.96 bits per heavy atom. The Labute approximate surface area is 140 Å². The van der Waals surface area contributed by atoms with Crippen LogP contribution in [0.15, 0.2) is 42.7 Å². The van der Waals surface area contributed by atoms with Crippen molar-refractivity contribution in [1.29, 1.82) is 0 Å². The molecule has 0 aliphatic rings. The Hall–Kier alpha value is -2.93. The number of hydroxylamine groups is 1. The van der Waals surface area contributed by atoms with Gasteiger partial charge in [0.2, 0.25) is 5.95 Å². The molecule has 24 heavy (non-hydrogen) atoms. The van der Waals surface area contributed by atoms with E-state index >= 15 is 0 Å². The van der Waals surface area contributed by atoms with Crippen molar-refractivity contribution < 1.29 is 10.0 Å². The molecule has 1 aromatic carbocycles. The maximum Gasteiger partial charge on any atom is 0.267 e. The molecular weight excluding hydrogens is 306 g/mol. The molecule has 0 aliphatic heterocycles. The quantitative estimate of drug-likeness (QED) is 0.354. The molecule has 0 fully saturated rings. The molecular formula is C17H21N5O2. The molecule has 0 saturated carbocycles. The first-order valence-electron chi connectivity index (χ1n) is 7.61. The number of aromatic nitrogens is 2. The van der Waals surface area contributed by atoms with Crippen LogP contribution in [0.5, 0.6) is 0 Å². The molecule has 0 atom stereocenters. The fourth-order valence-corrected chi connectivity index (χ4v) is 1.98. The number of carbonyl (C=O) groups is 1. The number of amides is 1. The summed E-state index contributed by atoms with van der Waals surface area (Å²) >= 11 is 0. The number of carbonyl (C=O) groups excluding carboxylic acids is 1. The number of nitrogens with one attached hydrogen (secondary N) is 3. The van der Waals surface area contributed by atoms with Gasteiger partial charge in [0.05, 0.1) is 0 Å². The Balaban J connectivity index is 2.01. The van der Waals surface area contributed by atoms with Crippen molar-refractivity contribution in [2.24, 2.45) is 0 Å².